The number of nitrogens with one attached hydrogen (secondary N) is 1. The number of unbranched alkanes of at least 4 members (excludes halogenated alkanes) is 2. The number of rotatable bonds is 12. The van der Waals surface area contributed by atoms with Gasteiger partial charge in [-0.2, -0.15) is 0 Å². The molecular weight excluding hydrogens is 771 g/mol. The van der Waals surface area contributed by atoms with E-state index in [1.165, 1.54) is 12.8 Å². The molecule has 0 aromatic heterocycles. The van der Waals surface area contributed by atoms with Gasteiger partial charge >= 0.3 is 5.97 Å². The number of fused-ring (bicyclic) bond motifs is 8. The number of benzene rings is 1. The van der Waals surface area contributed by atoms with Crippen LogP contribution in [0.5, 0.6) is 0 Å². The molecule has 7 saturated carbocycles. The fourth-order valence-corrected chi connectivity index (χ4v) is 17.2. The van der Waals surface area contributed by atoms with Gasteiger partial charge in [-0.1, -0.05) is 90.0 Å². The standard InChI is InChI=1S/C51H75NO9/c1-5-6-7-15-33-25-48(28-54)41-19-20-47(3)43-35(21-36(45-37(43)24-42(55)61-45)40(52-4)23-32-14-10-11-16-34(32)27-53)26-49(47,58)51(41,60)46(57)39-22-31(29(2)30-12-8-9-13-30)17-18-38(44(33)56)50(39,48)59/h10-11,14,16,24,28-31,33,35-36,38-41,43-46,52-53,56-60H,5-9,12-13,15,17-23,25-27H2,1-4H3. The quantitative estimate of drug-likeness (QED) is 0.0773. The first-order valence-electron chi connectivity index (χ1n) is 24.5. The Morgan fingerprint density at radius 3 is 2.36 bits per heavy atom. The lowest BCUT2D eigenvalue weighted by Gasteiger charge is -2.73. The summed E-state index contributed by atoms with van der Waals surface area (Å²) in [4.78, 5) is 27.8. The SMILES string of the molecule is CCCCCC1CC2(C=O)C3CCC4(C)C5C6=CC(=O)OC6C(C(Cc6ccccc6CO)NC)CC5CC4(O)C3(O)C(O)C3CC(C(C)C4CCCC4)CCC(C1O)C32O. The highest BCUT2D eigenvalue weighted by molar-refractivity contribution is 5.86. The van der Waals surface area contributed by atoms with Crippen LogP contribution >= 0.6 is 0 Å². The Hall–Kier alpha value is -2.18. The Bertz CT molecular complexity index is 1850. The number of aliphatic hydroxyl groups excluding tert-OH is 3. The zero-order valence-corrected chi connectivity index (χ0v) is 37.2. The fourth-order valence-electron chi connectivity index (χ4n) is 17.2. The molecule has 1 aliphatic heterocycles. The molecule has 18 atom stereocenters. The number of hydrogen-bond acceptors (Lipinski definition) is 10. The predicted octanol–water partition coefficient (Wildman–Crippen LogP) is 5.81. The van der Waals surface area contributed by atoms with Crippen molar-refractivity contribution in [2.45, 2.75) is 178 Å². The van der Waals surface area contributed by atoms with Gasteiger partial charge in [0.1, 0.15) is 23.6 Å². The minimum atomic E-state index is -2.15. The van der Waals surface area contributed by atoms with Crippen molar-refractivity contribution in [2.24, 2.45) is 70.0 Å². The highest BCUT2D eigenvalue weighted by Crippen LogP contribution is 2.77. The Kier molecular flexibility index (Phi) is 11.6. The third kappa shape index (κ3) is 6.10. The van der Waals surface area contributed by atoms with Crippen LogP contribution in [0.3, 0.4) is 0 Å². The van der Waals surface area contributed by atoms with Gasteiger partial charge in [-0.05, 0) is 123 Å². The summed E-state index contributed by atoms with van der Waals surface area (Å²) in [6, 6.07) is 7.68. The van der Waals surface area contributed by atoms with E-state index in [1.807, 2.05) is 38.2 Å². The third-order valence-corrected chi connectivity index (χ3v) is 20.1. The lowest BCUT2D eigenvalue weighted by Crippen LogP contribution is -2.85. The van der Waals surface area contributed by atoms with Gasteiger partial charge in [0.2, 0.25) is 0 Å². The van der Waals surface area contributed by atoms with Gasteiger partial charge in [0.05, 0.1) is 29.8 Å². The average molecular weight is 846 g/mol. The van der Waals surface area contributed by atoms with Crippen LogP contribution in [0.4, 0.5) is 0 Å². The minimum Gasteiger partial charge on any atom is -0.454 e. The smallest absolute Gasteiger partial charge is 0.331 e. The molecule has 9 rings (SSSR count). The lowest BCUT2D eigenvalue weighted by atomic mass is 9.34. The first kappa shape index (κ1) is 44.0. The number of aldehydes is 1. The molecule has 0 amide bonds. The molecule has 1 aromatic rings. The lowest BCUT2D eigenvalue weighted by molar-refractivity contribution is -0.377. The van der Waals surface area contributed by atoms with Gasteiger partial charge < -0.3 is 45.5 Å². The molecule has 8 aliphatic rings. The largest absolute Gasteiger partial charge is 0.454 e. The molecule has 10 nitrogen and oxygen atoms in total. The summed E-state index contributed by atoms with van der Waals surface area (Å²) in [6.45, 7) is 6.40. The Morgan fingerprint density at radius 1 is 0.934 bits per heavy atom. The van der Waals surface area contributed by atoms with Crippen LogP contribution in [0.1, 0.15) is 135 Å². The van der Waals surface area contributed by atoms with E-state index in [-0.39, 0.29) is 55.1 Å². The molecule has 7 fully saturated rings. The Morgan fingerprint density at radius 2 is 1.67 bits per heavy atom. The summed E-state index contributed by atoms with van der Waals surface area (Å²) < 4.78 is 6.18. The average Bonchev–Trinajstić information content (AvgIpc) is 3.95. The van der Waals surface area contributed by atoms with Gasteiger partial charge in [0, 0.05) is 41.2 Å². The van der Waals surface area contributed by atoms with E-state index in [0.29, 0.717) is 56.8 Å². The van der Waals surface area contributed by atoms with Crippen LogP contribution in [0, 0.1) is 70.0 Å². The van der Waals surface area contributed by atoms with Crippen molar-refractivity contribution >= 4 is 12.3 Å². The number of likely N-dealkylation sites (N-methyl/N-ethyl adjacent to an activating group) is 1. The summed E-state index contributed by atoms with van der Waals surface area (Å²) in [7, 11) is 1.91. The maximum Gasteiger partial charge on any atom is 0.331 e. The van der Waals surface area contributed by atoms with E-state index in [4.69, 9.17) is 4.74 Å². The van der Waals surface area contributed by atoms with Crippen molar-refractivity contribution < 1.29 is 45.0 Å². The van der Waals surface area contributed by atoms with E-state index < -0.39 is 69.7 Å². The summed E-state index contributed by atoms with van der Waals surface area (Å²) in [5.41, 5.74) is -5.57. The Labute approximate surface area is 363 Å². The molecule has 0 bridgehead atoms. The van der Waals surface area contributed by atoms with Crippen LogP contribution in [0.2, 0.25) is 0 Å². The van der Waals surface area contributed by atoms with Crippen molar-refractivity contribution in [2.75, 3.05) is 7.05 Å². The number of carbonyl (C=O) groups is 2. The molecule has 0 spiro atoms. The van der Waals surface area contributed by atoms with Gasteiger partial charge in [0.15, 0.2) is 0 Å². The zero-order valence-electron chi connectivity index (χ0n) is 37.2. The first-order valence-corrected chi connectivity index (χ1v) is 24.5. The first-order chi connectivity index (χ1) is 29.2. The normalized spacial score (nSPS) is 47.5. The van der Waals surface area contributed by atoms with Crippen molar-refractivity contribution in [1.82, 2.24) is 5.32 Å². The molecule has 61 heavy (non-hydrogen) atoms. The van der Waals surface area contributed by atoms with Crippen LogP contribution in [-0.2, 0) is 27.4 Å². The van der Waals surface area contributed by atoms with Gasteiger partial charge in [-0.25, -0.2) is 4.79 Å². The maximum atomic E-state index is 14.4. The monoisotopic (exact) mass is 846 g/mol. The predicted molar refractivity (Wildman–Crippen MR) is 230 cm³/mol. The van der Waals surface area contributed by atoms with E-state index >= 15 is 0 Å². The Balaban J connectivity index is 1.14. The molecule has 7 aliphatic carbocycles. The second-order valence-corrected chi connectivity index (χ2v) is 22.1. The highest BCUT2D eigenvalue weighted by Gasteiger charge is 2.85. The molecule has 7 N–H and O–H groups in total. The number of ether oxygens (including phenoxy) is 1. The van der Waals surface area contributed by atoms with Crippen molar-refractivity contribution in [3.63, 3.8) is 0 Å². The molecular formula is C51H75NO9. The second-order valence-electron chi connectivity index (χ2n) is 22.1. The molecule has 0 saturated heterocycles. The maximum absolute atomic E-state index is 14.4. The van der Waals surface area contributed by atoms with Crippen LogP contribution in [-0.4, -0.2) is 91.1 Å². The van der Waals surface area contributed by atoms with Crippen molar-refractivity contribution in [3.05, 3.63) is 47.0 Å². The van der Waals surface area contributed by atoms with E-state index in [2.05, 4.69) is 19.2 Å². The number of hydrogen-bond donors (Lipinski definition) is 7. The second kappa shape index (κ2) is 16.1. The van der Waals surface area contributed by atoms with Crippen molar-refractivity contribution in [1.29, 1.82) is 0 Å². The summed E-state index contributed by atoms with van der Waals surface area (Å²) in [5, 5.41) is 81.1. The van der Waals surface area contributed by atoms with E-state index in [0.717, 1.165) is 61.5 Å². The van der Waals surface area contributed by atoms with Crippen LogP contribution in [0.25, 0.3) is 0 Å². The molecule has 18 unspecified atom stereocenters. The molecule has 1 heterocycles. The molecule has 10 heteroatoms. The topological polar surface area (TPSA) is 177 Å². The van der Waals surface area contributed by atoms with Gasteiger partial charge in [-0.3, -0.25) is 0 Å². The van der Waals surface area contributed by atoms with Gasteiger partial charge in [-0.15, -0.1) is 0 Å². The number of carbonyl (C=O) groups excluding carboxylic acids is 2. The number of aliphatic hydroxyl groups is 6. The minimum absolute atomic E-state index is 0.0865. The summed E-state index contributed by atoms with van der Waals surface area (Å²) in [5.74, 6) is -2.88. The van der Waals surface area contributed by atoms with Crippen LogP contribution < -0.4 is 5.32 Å². The van der Waals surface area contributed by atoms with Crippen molar-refractivity contribution in [3.8, 4) is 0 Å². The highest BCUT2D eigenvalue weighted by atomic mass is 16.5. The van der Waals surface area contributed by atoms with E-state index in [9.17, 15) is 40.2 Å². The molecule has 338 valence electrons. The number of esters is 1. The zero-order chi connectivity index (χ0) is 43.3. The van der Waals surface area contributed by atoms with Crippen LogP contribution in [0.15, 0.2) is 35.9 Å². The third-order valence-electron chi connectivity index (χ3n) is 20.1. The van der Waals surface area contributed by atoms with Gasteiger partial charge in [0.25, 0.3) is 0 Å². The summed E-state index contributed by atoms with van der Waals surface area (Å²) in [6.07, 6.45) is 12.0. The van der Waals surface area contributed by atoms with E-state index in [1.54, 1.807) is 6.08 Å². The summed E-state index contributed by atoms with van der Waals surface area (Å²) >= 11 is 0. The molecule has 1 aromatic carbocycles. The fraction of sp³-hybridized carbons (Fsp3) is 0.804. The molecule has 0 radical (unpaired) electrons.